The number of carbonyl (C=O) groups is 2. The van der Waals surface area contributed by atoms with E-state index >= 15 is 0 Å². The lowest BCUT2D eigenvalue weighted by molar-refractivity contribution is -0.157. The molecule has 0 aliphatic carbocycles. The average Bonchev–Trinajstić information content (AvgIpc) is 3.20. The summed E-state index contributed by atoms with van der Waals surface area (Å²) in [6, 6.07) is 11.8. The van der Waals surface area contributed by atoms with Crippen LogP contribution < -0.4 is 10.6 Å². The van der Waals surface area contributed by atoms with Crippen LogP contribution in [0.3, 0.4) is 0 Å². The summed E-state index contributed by atoms with van der Waals surface area (Å²) in [4.78, 5) is 27.5. The van der Waals surface area contributed by atoms with Gasteiger partial charge in [-0.15, -0.1) is 0 Å². The van der Waals surface area contributed by atoms with Gasteiger partial charge in [0.15, 0.2) is 5.13 Å². The maximum Gasteiger partial charge on any atom is 0.391 e. The van der Waals surface area contributed by atoms with Crippen LogP contribution in [0.4, 0.5) is 32.8 Å². The Kier molecular flexibility index (Phi) is 6.88. The second kappa shape index (κ2) is 9.90. The van der Waals surface area contributed by atoms with Crippen molar-refractivity contribution in [2.45, 2.75) is 18.6 Å². The summed E-state index contributed by atoms with van der Waals surface area (Å²) in [5.41, 5.74) is 1.62. The molecule has 36 heavy (non-hydrogen) atoms. The molecule has 0 aliphatic rings. The minimum absolute atomic E-state index is 0.0572. The molecule has 0 spiro atoms. The van der Waals surface area contributed by atoms with Crippen molar-refractivity contribution in [2.24, 2.45) is 0 Å². The van der Waals surface area contributed by atoms with E-state index in [0.29, 0.717) is 26.5 Å². The number of halogens is 5. The molecule has 1 amide bonds. The van der Waals surface area contributed by atoms with Crippen molar-refractivity contribution in [3.8, 4) is 11.1 Å². The van der Waals surface area contributed by atoms with E-state index < -0.39 is 42.1 Å². The van der Waals surface area contributed by atoms with Crippen LogP contribution in [0.15, 0.2) is 60.7 Å². The Bertz CT molecular complexity index is 1440. The van der Waals surface area contributed by atoms with E-state index in [-0.39, 0.29) is 11.3 Å². The first kappa shape index (κ1) is 25.0. The third kappa shape index (κ3) is 5.95. The summed E-state index contributed by atoms with van der Waals surface area (Å²) in [5, 5.41) is 14.0. The molecule has 4 rings (SSSR count). The quantitative estimate of drug-likeness (QED) is 0.255. The largest absolute Gasteiger partial charge is 0.480 e. The number of nitrogens with zero attached hydrogens (tertiary/aromatic N) is 1. The molecule has 0 aliphatic heterocycles. The van der Waals surface area contributed by atoms with Gasteiger partial charge in [0.25, 0.3) is 5.91 Å². The third-order valence-electron chi connectivity index (χ3n) is 5.08. The first-order valence-corrected chi connectivity index (χ1v) is 11.1. The lowest BCUT2D eigenvalue weighted by atomic mass is 10.0. The highest BCUT2D eigenvalue weighted by molar-refractivity contribution is 7.22. The molecule has 4 aromatic rings. The third-order valence-corrected chi connectivity index (χ3v) is 6.01. The topological polar surface area (TPSA) is 91.3 Å². The highest BCUT2D eigenvalue weighted by Crippen LogP contribution is 2.31. The van der Waals surface area contributed by atoms with Gasteiger partial charge in [-0.3, -0.25) is 4.79 Å². The van der Waals surface area contributed by atoms with E-state index in [1.807, 2.05) is 5.32 Å². The maximum absolute atomic E-state index is 14.7. The second-order valence-corrected chi connectivity index (χ2v) is 8.74. The molecule has 1 atom stereocenters. The molecule has 0 radical (unpaired) electrons. The zero-order valence-corrected chi connectivity index (χ0v) is 18.9. The Morgan fingerprint density at radius 1 is 0.972 bits per heavy atom. The number of aromatic nitrogens is 1. The smallest absolute Gasteiger partial charge is 0.391 e. The van der Waals surface area contributed by atoms with Crippen LogP contribution in [-0.2, 0) is 4.79 Å². The van der Waals surface area contributed by atoms with Gasteiger partial charge < -0.3 is 15.7 Å². The number of carbonyl (C=O) groups excluding carboxylic acids is 1. The normalized spacial score (nSPS) is 12.4. The number of rotatable bonds is 7. The van der Waals surface area contributed by atoms with E-state index in [4.69, 9.17) is 5.11 Å². The zero-order valence-electron chi connectivity index (χ0n) is 18.1. The van der Waals surface area contributed by atoms with Crippen LogP contribution in [0, 0.1) is 11.6 Å². The Balaban J connectivity index is 1.46. The minimum atomic E-state index is -4.77. The standard InChI is InChI=1S/C24H16F5N3O3S/c25-15-6-8-18-20(10-15)36-23(32-18)31-17-7-5-14(9-16(17)26)12-1-3-13(4-2-12)21(33)30-19(22(34)35)11-24(27,28)29/h1-10,19H,11H2,(H,30,33)(H,31,32)(H,34,35)/t19-/m0/s1. The molecule has 0 saturated heterocycles. The summed E-state index contributed by atoms with van der Waals surface area (Å²) in [5.74, 6) is -3.80. The lowest BCUT2D eigenvalue weighted by Gasteiger charge is -2.16. The van der Waals surface area contributed by atoms with Gasteiger partial charge in [0.1, 0.15) is 17.7 Å². The minimum Gasteiger partial charge on any atom is -0.480 e. The Labute approximate surface area is 204 Å². The number of carboxylic acids is 1. The summed E-state index contributed by atoms with van der Waals surface area (Å²) < 4.78 is 66.3. The Morgan fingerprint density at radius 3 is 2.31 bits per heavy atom. The number of benzene rings is 3. The maximum atomic E-state index is 14.7. The SMILES string of the molecule is O=C(N[C@@H](CC(F)(F)F)C(=O)O)c1ccc(-c2ccc(Nc3nc4ccc(F)cc4s3)c(F)c2)cc1. The molecule has 3 aromatic carbocycles. The molecular weight excluding hydrogens is 505 g/mol. The van der Waals surface area contributed by atoms with Crippen molar-refractivity contribution in [3.05, 3.63) is 77.9 Å². The highest BCUT2D eigenvalue weighted by atomic mass is 32.1. The van der Waals surface area contributed by atoms with E-state index in [0.717, 1.165) is 11.3 Å². The molecule has 12 heteroatoms. The molecule has 0 bridgehead atoms. The van der Waals surface area contributed by atoms with Gasteiger partial charge in [0.05, 0.1) is 22.3 Å². The van der Waals surface area contributed by atoms with Crippen molar-refractivity contribution in [1.82, 2.24) is 10.3 Å². The molecular formula is C24H16F5N3O3S. The first-order valence-electron chi connectivity index (χ1n) is 10.3. The Morgan fingerprint density at radius 2 is 1.67 bits per heavy atom. The molecule has 6 nitrogen and oxygen atoms in total. The number of carboxylic acid groups (broad SMARTS) is 1. The number of thiazole rings is 1. The van der Waals surface area contributed by atoms with Gasteiger partial charge >= 0.3 is 12.1 Å². The summed E-state index contributed by atoms with van der Waals surface area (Å²) in [7, 11) is 0. The molecule has 0 unspecified atom stereocenters. The predicted octanol–water partition coefficient (Wildman–Crippen LogP) is 6.12. The van der Waals surface area contributed by atoms with E-state index in [1.54, 1.807) is 6.07 Å². The second-order valence-electron chi connectivity index (χ2n) is 7.71. The molecule has 1 aromatic heterocycles. The van der Waals surface area contributed by atoms with Gasteiger partial charge in [-0.2, -0.15) is 13.2 Å². The zero-order chi connectivity index (χ0) is 26.0. The Hall–Kier alpha value is -4.06. The van der Waals surface area contributed by atoms with Crippen molar-refractivity contribution in [3.63, 3.8) is 0 Å². The fourth-order valence-electron chi connectivity index (χ4n) is 3.35. The molecule has 3 N–H and O–H groups in total. The number of alkyl halides is 3. The van der Waals surface area contributed by atoms with E-state index in [9.17, 15) is 31.5 Å². The molecule has 0 fully saturated rings. The lowest BCUT2D eigenvalue weighted by Crippen LogP contribution is -2.43. The summed E-state index contributed by atoms with van der Waals surface area (Å²) >= 11 is 1.16. The van der Waals surface area contributed by atoms with Gasteiger partial charge in [-0.1, -0.05) is 29.5 Å². The van der Waals surface area contributed by atoms with E-state index in [2.05, 4.69) is 10.3 Å². The van der Waals surface area contributed by atoms with Crippen LogP contribution in [-0.4, -0.2) is 34.2 Å². The monoisotopic (exact) mass is 521 g/mol. The molecule has 1 heterocycles. The fourth-order valence-corrected chi connectivity index (χ4v) is 4.25. The van der Waals surface area contributed by atoms with E-state index in [1.165, 1.54) is 54.6 Å². The van der Waals surface area contributed by atoms with Gasteiger partial charge in [-0.05, 0) is 53.6 Å². The molecule has 186 valence electrons. The van der Waals surface area contributed by atoms with Crippen LogP contribution in [0.2, 0.25) is 0 Å². The van der Waals surface area contributed by atoms with Crippen LogP contribution in [0.1, 0.15) is 16.8 Å². The van der Waals surface area contributed by atoms with Crippen LogP contribution >= 0.6 is 11.3 Å². The number of aliphatic carboxylic acids is 1. The van der Waals surface area contributed by atoms with Gasteiger partial charge in [0.2, 0.25) is 0 Å². The van der Waals surface area contributed by atoms with Crippen LogP contribution in [0.25, 0.3) is 21.3 Å². The van der Waals surface area contributed by atoms with Crippen molar-refractivity contribution < 1.29 is 36.6 Å². The molecule has 0 saturated carbocycles. The first-order chi connectivity index (χ1) is 17.0. The van der Waals surface area contributed by atoms with Crippen molar-refractivity contribution in [1.29, 1.82) is 0 Å². The van der Waals surface area contributed by atoms with Crippen molar-refractivity contribution in [2.75, 3.05) is 5.32 Å². The fraction of sp³-hybridized carbons (Fsp3) is 0.125. The van der Waals surface area contributed by atoms with Crippen molar-refractivity contribution >= 4 is 44.2 Å². The predicted molar refractivity (Wildman–Crippen MR) is 124 cm³/mol. The average molecular weight is 521 g/mol. The summed E-state index contributed by atoms with van der Waals surface area (Å²) in [6.07, 6.45) is -6.48. The number of fused-ring (bicyclic) bond motifs is 1. The number of amides is 1. The highest BCUT2D eigenvalue weighted by Gasteiger charge is 2.36. The number of anilines is 2. The number of hydrogen-bond donors (Lipinski definition) is 3. The van der Waals surface area contributed by atoms with Crippen LogP contribution in [0.5, 0.6) is 0 Å². The van der Waals surface area contributed by atoms with Gasteiger partial charge in [0, 0.05) is 5.56 Å². The summed E-state index contributed by atoms with van der Waals surface area (Å²) in [6.45, 7) is 0. The van der Waals surface area contributed by atoms with Gasteiger partial charge in [-0.25, -0.2) is 18.6 Å². The number of nitrogens with one attached hydrogen (secondary N) is 2. The number of hydrogen-bond acceptors (Lipinski definition) is 5.